The molecule has 1 saturated heterocycles. The predicted octanol–water partition coefficient (Wildman–Crippen LogP) is 1.92. The summed E-state index contributed by atoms with van der Waals surface area (Å²) in [5.41, 5.74) is 2.60. The summed E-state index contributed by atoms with van der Waals surface area (Å²) in [6.45, 7) is 4.69. The summed E-state index contributed by atoms with van der Waals surface area (Å²) >= 11 is 0. The van der Waals surface area contributed by atoms with Crippen LogP contribution in [-0.2, 0) is 16.1 Å². The summed E-state index contributed by atoms with van der Waals surface area (Å²) in [6.07, 6.45) is 0.210. The molecule has 1 heterocycles. The molecule has 3 N–H and O–H groups in total. The highest BCUT2D eigenvalue weighted by Crippen LogP contribution is 2.13. The number of hydrogen-bond donors (Lipinski definition) is 3. The molecule has 0 aromatic heterocycles. The molecule has 1 amide bonds. The summed E-state index contributed by atoms with van der Waals surface area (Å²) in [4.78, 5) is 26.3. The summed E-state index contributed by atoms with van der Waals surface area (Å²) < 4.78 is 19.7. The highest BCUT2D eigenvalue weighted by Gasteiger charge is 2.25. The standard InChI is InChI=1S/C27H29FN2O5/c1-19(32)26(25(33)18-31)29-27(34)23-9-6-20(7-10-23)8-11-24(28)16-21-2-4-22(5-3-21)17-30-12-14-35-15-13-30/h2-7,9-10,16,19,26,31-32H,12-15,17-18H2,1H3,(H,29,34)/b24-16-/t19-,26+/m1/s1. The first-order valence-corrected chi connectivity index (χ1v) is 11.4. The van der Waals surface area contributed by atoms with Gasteiger partial charge in [0.05, 0.1) is 19.3 Å². The monoisotopic (exact) mass is 480 g/mol. The van der Waals surface area contributed by atoms with Crippen LogP contribution in [0.1, 0.15) is 34.0 Å². The average Bonchev–Trinajstić information content (AvgIpc) is 2.87. The van der Waals surface area contributed by atoms with E-state index in [1.807, 2.05) is 24.3 Å². The van der Waals surface area contributed by atoms with Gasteiger partial charge in [-0.3, -0.25) is 14.5 Å². The number of amides is 1. The number of nitrogens with zero attached hydrogens (tertiary/aromatic N) is 1. The Bertz CT molecular complexity index is 1100. The molecule has 3 rings (SSSR count). The lowest BCUT2D eigenvalue weighted by Crippen LogP contribution is -2.48. The van der Waals surface area contributed by atoms with Gasteiger partial charge in [0, 0.05) is 30.8 Å². The number of hydrogen-bond acceptors (Lipinski definition) is 6. The van der Waals surface area contributed by atoms with E-state index in [0.29, 0.717) is 11.1 Å². The van der Waals surface area contributed by atoms with Crippen LogP contribution in [0, 0.1) is 11.8 Å². The summed E-state index contributed by atoms with van der Waals surface area (Å²) in [5, 5.41) is 21.0. The quantitative estimate of drug-likeness (QED) is 0.500. The van der Waals surface area contributed by atoms with Crippen molar-refractivity contribution in [3.05, 3.63) is 76.6 Å². The number of ether oxygens (including phenoxy) is 1. The van der Waals surface area contributed by atoms with Gasteiger partial charge >= 0.3 is 0 Å². The van der Waals surface area contributed by atoms with Crippen LogP contribution in [0.2, 0.25) is 0 Å². The molecule has 1 aliphatic heterocycles. The van der Waals surface area contributed by atoms with Gasteiger partial charge in [-0.05, 0) is 54.3 Å². The third-order valence-corrected chi connectivity index (χ3v) is 5.53. The SMILES string of the molecule is C[C@@H](O)[C@H](NC(=O)c1ccc(C#C/C(F)=C/c2ccc(CN3CCOCC3)cc2)cc1)C(=O)CO. The number of allylic oxidation sites excluding steroid dienone is 1. The predicted molar refractivity (Wildman–Crippen MR) is 130 cm³/mol. The Morgan fingerprint density at radius 2 is 1.80 bits per heavy atom. The molecule has 0 unspecified atom stereocenters. The zero-order valence-corrected chi connectivity index (χ0v) is 19.5. The zero-order chi connectivity index (χ0) is 25.2. The van der Waals surface area contributed by atoms with Crippen LogP contribution >= 0.6 is 0 Å². The van der Waals surface area contributed by atoms with E-state index in [-0.39, 0.29) is 5.56 Å². The third kappa shape index (κ3) is 8.12. The molecule has 0 radical (unpaired) electrons. The van der Waals surface area contributed by atoms with Crippen molar-refractivity contribution in [2.75, 3.05) is 32.9 Å². The maximum atomic E-state index is 14.3. The van der Waals surface area contributed by atoms with E-state index in [9.17, 15) is 19.1 Å². The number of aliphatic hydroxyl groups is 2. The van der Waals surface area contributed by atoms with Crippen molar-refractivity contribution in [3.63, 3.8) is 0 Å². The number of Topliss-reactive ketones (excluding diaryl/α,β-unsaturated/α-hetero) is 1. The summed E-state index contributed by atoms with van der Waals surface area (Å²) in [5.74, 6) is 3.31. The Hall–Kier alpha value is -3.35. The van der Waals surface area contributed by atoms with E-state index in [2.05, 4.69) is 22.1 Å². The number of ketones is 1. The summed E-state index contributed by atoms with van der Waals surface area (Å²) in [7, 11) is 0. The molecule has 0 bridgehead atoms. The molecule has 0 spiro atoms. The lowest BCUT2D eigenvalue weighted by atomic mass is 10.1. The van der Waals surface area contributed by atoms with Gasteiger partial charge in [-0.25, -0.2) is 0 Å². The van der Waals surface area contributed by atoms with Crippen molar-refractivity contribution >= 4 is 17.8 Å². The van der Waals surface area contributed by atoms with Crippen molar-refractivity contribution in [3.8, 4) is 11.8 Å². The van der Waals surface area contributed by atoms with Gasteiger partial charge in [0.1, 0.15) is 12.6 Å². The zero-order valence-electron chi connectivity index (χ0n) is 19.5. The van der Waals surface area contributed by atoms with Gasteiger partial charge < -0.3 is 20.3 Å². The minimum Gasteiger partial charge on any atom is -0.391 e. The molecule has 184 valence electrons. The molecule has 2 aromatic carbocycles. The molecule has 35 heavy (non-hydrogen) atoms. The lowest BCUT2D eigenvalue weighted by molar-refractivity contribution is -0.125. The van der Waals surface area contributed by atoms with Crippen LogP contribution in [-0.4, -0.2) is 71.9 Å². The Labute approximate surface area is 204 Å². The Balaban J connectivity index is 1.58. The maximum Gasteiger partial charge on any atom is 0.251 e. The number of rotatable bonds is 8. The van der Waals surface area contributed by atoms with Crippen molar-refractivity contribution in [2.24, 2.45) is 0 Å². The van der Waals surface area contributed by atoms with Crippen LogP contribution < -0.4 is 5.32 Å². The van der Waals surface area contributed by atoms with Crippen LogP contribution in [0.15, 0.2) is 54.4 Å². The second kappa shape index (κ2) is 12.9. The average molecular weight is 481 g/mol. The molecular weight excluding hydrogens is 451 g/mol. The highest BCUT2D eigenvalue weighted by atomic mass is 19.1. The molecule has 0 saturated carbocycles. The van der Waals surface area contributed by atoms with Crippen molar-refractivity contribution in [1.82, 2.24) is 10.2 Å². The molecule has 8 heteroatoms. The smallest absolute Gasteiger partial charge is 0.251 e. The fraction of sp³-hybridized carbons (Fsp3) is 0.333. The van der Waals surface area contributed by atoms with Gasteiger partial charge in [-0.2, -0.15) is 4.39 Å². The van der Waals surface area contributed by atoms with E-state index in [1.54, 1.807) is 12.1 Å². The molecule has 7 nitrogen and oxygen atoms in total. The first kappa shape index (κ1) is 26.3. The number of benzene rings is 2. The maximum absolute atomic E-state index is 14.3. The Kier molecular flexibility index (Phi) is 9.70. The molecule has 1 fully saturated rings. The van der Waals surface area contributed by atoms with E-state index in [0.717, 1.165) is 38.4 Å². The van der Waals surface area contributed by atoms with Crippen LogP contribution in [0.25, 0.3) is 6.08 Å². The number of carbonyl (C=O) groups excluding carboxylic acids is 2. The largest absolute Gasteiger partial charge is 0.391 e. The van der Waals surface area contributed by atoms with Gasteiger partial charge in [-0.1, -0.05) is 30.2 Å². The van der Waals surface area contributed by atoms with E-state index in [4.69, 9.17) is 9.84 Å². The van der Waals surface area contributed by atoms with E-state index in [1.165, 1.54) is 25.1 Å². The van der Waals surface area contributed by atoms with Gasteiger partial charge in [0.15, 0.2) is 11.6 Å². The first-order valence-electron chi connectivity index (χ1n) is 11.4. The number of aliphatic hydroxyl groups excluding tert-OH is 2. The highest BCUT2D eigenvalue weighted by molar-refractivity contribution is 5.98. The van der Waals surface area contributed by atoms with Gasteiger partial charge in [0.25, 0.3) is 5.91 Å². The van der Waals surface area contributed by atoms with Crippen LogP contribution in [0.3, 0.4) is 0 Å². The molecule has 1 aliphatic rings. The second-order valence-electron chi connectivity index (χ2n) is 8.27. The van der Waals surface area contributed by atoms with Crippen molar-refractivity contribution in [1.29, 1.82) is 0 Å². The fourth-order valence-corrected chi connectivity index (χ4v) is 3.55. The molecular formula is C27H29FN2O5. The fourth-order valence-electron chi connectivity index (χ4n) is 3.55. The Morgan fingerprint density at radius 3 is 2.40 bits per heavy atom. The topological polar surface area (TPSA) is 99.1 Å². The minimum absolute atomic E-state index is 0.236. The normalized spacial score (nSPS) is 16.1. The molecule has 2 atom stereocenters. The van der Waals surface area contributed by atoms with Crippen molar-refractivity contribution < 1.29 is 28.9 Å². The van der Waals surface area contributed by atoms with Crippen LogP contribution in [0.4, 0.5) is 4.39 Å². The minimum atomic E-state index is -1.21. The van der Waals surface area contributed by atoms with Crippen LogP contribution in [0.5, 0.6) is 0 Å². The summed E-state index contributed by atoms with van der Waals surface area (Å²) in [6, 6.07) is 12.5. The number of carbonyl (C=O) groups is 2. The lowest BCUT2D eigenvalue weighted by Gasteiger charge is -2.26. The van der Waals surface area contributed by atoms with Gasteiger partial charge in [-0.15, -0.1) is 0 Å². The molecule has 0 aliphatic carbocycles. The number of halogens is 1. The third-order valence-electron chi connectivity index (χ3n) is 5.53. The van der Waals surface area contributed by atoms with E-state index < -0.39 is 36.3 Å². The van der Waals surface area contributed by atoms with E-state index >= 15 is 0 Å². The first-order chi connectivity index (χ1) is 16.9. The number of morpholine rings is 1. The van der Waals surface area contributed by atoms with Gasteiger partial charge in [0.2, 0.25) is 0 Å². The number of nitrogens with one attached hydrogen (secondary N) is 1. The molecule has 2 aromatic rings. The van der Waals surface area contributed by atoms with Crippen molar-refractivity contribution in [2.45, 2.75) is 25.6 Å². The Morgan fingerprint density at radius 1 is 1.14 bits per heavy atom. The second-order valence-corrected chi connectivity index (χ2v) is 8.27.